The van der Waals surface area contributed by atoms with E-state index in [9.17, 15) is 0 Å². The third kappa shape index (κ3) is 4.46. The molecule has 2 unspecified atom stereocenters. The van der Waals surface area contributed by atoms with Gasteiger partial charge in [0.1, 0.15) is 11.4 Å². The van der Waals surface area contributed by atoms with Crippen LogP contribution in [0.25, 0.3) is 0 Å². The van der Waals surface area contributed by atoms with Crippen LogP contribution in [0.3, 0.4) is 0 Å². The maximum atomic E-state index is 6.35. The summed E-state index contributed by atoms with van der Waals surface area (Å²) in [6.45, 7) is 4.53. The number of ether oxygens (including phenoxy) is 1. The van der Waals surface area contributed by atoms with Gasteiger partial charge in [-0.1, -0.05) is 48.5 Å². The molecular formula is C18H28BrNO. The maximum absolute atomic E-state index is 6.35. The van der Waals surface area contributed by atoms with Crippen molar-refractivity contribution in [3.8, 4) is 5.75 Å². The van der Waals surface area contributed by atoms with E-state index >= 15 is 0 Å². The molecule has 1 N–H and O–H groups in total. The lowest BCUT2D eigenvalue weighted by atomic mass is 9.85. The van der Waals surface area contributed by atoms with Gasteiger partial charge in [0.15, 0.2) is 0 Å². The van der Waals surface area contributed by atoms with Gasteiger partial charge in [0, 0.05) is 22.5 Å². The Labute approximate surface area is 137 Å². The van der Waals surface area contributed by atoms with Gasteiger partial charge in [-0.2, -0.15) is 0 Å². The Morgan fingerprint density at radius 1 is 1.29 bits per heavy atom. The van der Waals surface area contributed by atoms with E-state index in [2.05, 4.69) is 53.3 Å². The van der Waals surface area contributed by atoms with Crippen LogP contribution >= 0.6 is 15.9 Å². The van der Waals surface area contributed by atoms with Gasteiger partial charge in [0.25, 0.3) is 0 Å². The van der Waals surface area contributed by atoms with Crippen molar-refractivity contribution in [2.45, 2.75) is 70.4 Å². The highest BCUT2D eigenvalue weighted by atomic mass is 79.9. The van der Waals surface area contributed by atoms with E-state index in [1.54, 1.807) is 0 Å². The molecular weight excluding hydrogens is 326 g/mol. The number of nitrogens with one attached hydrogen (secondary N) is 1. The molecule has 0 fully saturated rings. The molecule has 0 spiro atoms. The SMILES string of the molecule is CCCCCCCC1(C)CC(NC)c2cc(Br)ccc2O1. The second-order valence-corrected chi connectivity index (χ2v) is 7.36. The van der Waals surface area contributed by atoms with E-state index in [1.165, 1.54) is 37.7 Å². The second-order valence-electron chi connectivity index (χ2n) is 6.44. The van der Waals surface area contributed by atoms with Gasteiger partial charge in [0.05, 0.1) is 0 Å². The fourth-order valence-corrected chi connectivity index (χ4v) is 3.63. The summed E-state index contributed by atoms with van der Waals surface area (Å²) in [4.78, 5) is 0. The van der Waals surface area contributed by atoms with Crippen LogP contribution in [0.2, 0.25) is 0 Å². The molecule has 0 aliphatic carbocycles. The number of rotatable bonds is 7. The third-order valence-electron chi connectivity index (χ3n) is 4.50. The second kappa shape index (κ2) is 7.64. The molecule has 0 bridgehead atoms. The van der Waals surface area contributed by atoms with Crippen LogP contribution in [-0.2, 0) is 0 Å². The highest BCUT2D eigenvalue weighted by Crippen LogP contribution is 2.42. The van der Waals surface area contributed by atoms with Gasteiger partial charge < -0.3 is 10.1 Å². The molecule has 2 nitrogen and oxygen atoms in total. The Morgan fingerprint density at radius 2 is 2.05 bits per heavy atom. The van der Waals surface area contributed by atoms with E-state index in [4.69, 9.17) is 4.74 Å². The maximum Gasteiger partial charge on any atom is 0.124 e. The molecule has 2 atom stereocenters. The largest absolute Gasteiger partial charge is 0.487 e. The minimum absolute atomic E-state index is 0.0410. The third-order valence-corrected chi connectivity index (χ3v) is 4.99. The summed E-state index contributed by atoms with van der Waals surface area (Å²) in [6, 6.07) is 6.72. The average Bonchev–Trinajstić information content (AvgIpc) is 2.47. The van der Waals surface area contributed by atoms with Crippen molar-refractivity contribution in [3.05, 3.63) is 28.2 Å². The summed E-state index contributed by atoms with van der Waals surface area (Å²) in [6.07, 6.45) is 8.78. The van der Waals surface area contributed by atoms with E-state index in [-0.39, 0.29) is 5.60 Å². The van der Waals surface area contributed by atoms with Crippen LogP contribution in [-0.4, -0.2) is 12.6 Å². The fraction of sp³-hybridized carbons (Fsp3) is 0.667. The molecule has 3 heteroatoms. The summed E-state index contributed by atoms with van der Waals surface area (Å²) in [5, 5.41) is 3.45. The smallest absolute Gasteiger partial charge is 0.124 e. The van der Waals surface area contributed by atoms with Gasteiger partial charge in [0.2, 0.25) is 0 Å². The lowest BCUT2D eigenvalue weighted by Crippen LogP contribution is -2.41. The van der Waals surface area contributed by atoms with Crippen LogP contribution in [0.1, 0.15) is 70.4 Å². The highest BCUT2D eigenvalue weighted by Gasteiger charge is 2.36. The van der Waals surface area contributed by atoms with E-state index in [0.717, 1.165) is 23.1 Å². The molecule has 118 valence electrons. The molecule has 1 heterocycles. The van der Waals surface area contributed by atoms with Crippen LogP contribution in [0.4, 0.5) is 0 Å². The molecule has 1 aromatic rings. The van der Waals surface area contributed by atoms with Crippen molar-refractivity contribution < 1.29 is 4.74 Å². The highest BCUT2D eigenvalue weighted by molar-refractivity contribution is 9.10. The molecule has 1 aliphatic rings. The number of unbranched alkanes of at least 4 members (excludes halogenated alkanes) is 4. The fourth-order valence-electron chi connectivity index (χ4n) is 3.25. The molecule has 2 rings (SSSR count). The standard InChI is InChI=1S/C18H28BrNO/c1-4-5-6-7-8-11-18(2)13-16(20-3)15-12-14(19)9-10-17(15)21-18/h9-10,12,16,20H,4-8,11,13H2,1-3H3. The van der Waals surface area contributed by atoms with Crippen LogP contribution in [0.15, 0.2) is 22.7 Å². The summed E-state index contributed by atoms with van der Waals surface area (Å²) in [7, 11) is 2.04. The zero-order valence-corrected chi connectivity index (χ0v) is 15.1. The minimum atomic E-state index is -0.0410. The predicted octanol–water partition coefficient (Wildman–Crippen LogP) is 5.61. The molecule has 0 radical (unpaired) electrons. The van der Waals surface area contributed by atoms with Gasteiger partial charge in [-0.3, -0.25) is 0 Å². The van der Waals surface area contributed by atoms with Crippen molar-refractivity contribution in [2.75, 3.05) is 7.05 Å². The molecule has 0 saturated heterocycles. The number of hydrogen-bond donors (Lipinski definition) is 1. The summed E-state index contributed by atoms with van der Waals surface area (Å²) in [5.74, 6) is 1.04. The normalized spacial score (nSPS) is 24.5. The Kier molecular flexibility index (Phi) is 6.12. The molecule has 1 aliphatic heterocycles. The summed E-state index contributed by atoms with van der Waals surface area (Å²) < 4.78 is 7.47. The average molecular weight is 354 g/mol. The minimum Gasteiger partial charge on any atom is -0.487 e. The topological polar surface area (TPSA) is 21.3 Å². The molecule has 21 heavy (non-hydrogen) atoms. The molecule has 0 saturated carbocycles. The summed E-state index contributed by atoms with van der Waals surface area (Å²) >= 11 is 3.56. The Balaban J connectivity index is 2.01. The number of fused-ring (bicyclic) bond motifs is 1. The lowest BCUT2D eigenvalue weighted by Gasteiger charge is -2.40. The monoisotopic (exact) mass is 353 g/mol. The van der Waals surface area contributed by atoms with E-state index in [1.807, 2.05) is 7.05 Å². The zero-order chi connectivity index (χ0) is 15.3. The molecule has 0 aromatic heterocycles. The van der Waals surface area contributed by atoms with Crippen LogP contribution in [0, 0.1) is 0 Å². The van der Waals surface area contributed by atoms with E-state index in [0.29, 0.717) is 6.04 Å². The first-order valence-corrected chi connectivity index (χ1v) is 9.03. The zero-order valence-electron chi connectivity index (χ0n) is 13.5. The molecule has 0 amide bonds. The number of benzene rings is 1. The van der Waals surface area contributed by atoms with Crippen LogP contribution in [0.5, 0.6) is 5.75 Å². The number of halogens is 1. The van der Waals surface area contributed by atoms with Crippen molar-refractivity contribution >= 4 is 15.9 Å². The quantitative estimate of drug-likeness (QED) is 0.643. The Hall–Kier alpha value is -0.540. The van der Waals surface area contributed by atoms with Gasteiger partial charge in [-0.25, -0.2) is 0 Å². The van der Waals surface area contributed by atoms with Crippen molar-refractivity contribution in [2.24, 2.45) is 0 Å². The lowest BCUT2D eigenvalue weighted by molar-refractivity contribution is 0.0383. The number of hydrogen-bond acceptors (Lipinski definition) is 2. The predicted molar refractivity (Wildman–Crippen MR) is 93.0 cm³/mol. The van der Waals surface area contributed by atoms with Crippen molar-refractivity contribution in [3.63, 3.8) is 0 Å². The molecule has 1 aromatic carbocycles. The first-order chi connectivity index (χ1) is 10.1. The summed E-state index contributed by atoms with van der Waals surface area (Å²) in [5.41, 5.74) is 1.23. The van der Waals surface area contributed by atoms with E-state index < -0.39 is 0 Å². The van der Waals surface area contributed by atoms with Crippen molar-refractivity contribution in [1.82, 2.24) is 5.32 Å². The Morgan fingerprint density at radius 3 is 2.76 bits per heavy atom. The first-order valence-electron chi connectivity index (χ1n) is 8.24. The Bertz CT molecular complexity index is 463. The van der Waals surface area contributed by atoms with Gasteiger partial charge in [-0.05, 0) is 45.0 Å². The first kappa shape index (κ1) is 16.8. The van der Waals surface area contributed by atoms with Crippen LogP contribution < -0.4 is 10.1 Å². The van der Waals surface area contributed by atoms with Crippen molar-refractivity contribution in [1.29, 1.82) is 0 Å². The van der Waals surface area contributed by atoms with Gasteiger partial charge in [-0.15, -0.1) is 0 Å². The van der Waals surface area contributed by atoms with Gasteiger partial charge >= 0.3 is 0 Å².